The summed E-state index contributed by atoms with van der Waals surface area (Å²) < 4.78 is 4.72. The molecule has 0 radical (unpaired) electrons. The Kier molecular flexibility index (Phi) is 3.87. The number of pyridine rings is 1. The van der Waals surface area contributed by atoms with Crippen molar-refractivity contribution < 1.29 is 14.3 Å². The maximum Gasteiger partial charge on any atom is 0.311 e. The van der Waals surface area contributed by atoms with E-state index in [-0.39, 0.29) is 24.2 Å². The van der Waals surface area contributed by atoms with Crippen LogP contribution in [-0.2, 0) is 14.3 Å². The van der Waals surface area contributed by atoms with Gasteiger partial charge in [-0.25, -0.2) is 0 Å². The van der Waals surface area contributed by atoms with Crippen molar-refractivity contribution >= 4 is 17.6 Å². The van der Waals surface area contributed by atoms with E-state index in [1.807, 2.05) is 42.5 Å². The smallest absolute Gasteiger partial charge is 0.311 e. The summed E-state index contributed by atoms with van der Waals surface area (Å²) in [6, 6.07) is 13.3. The molecule has 1 unspecified atom stereocenters. The summed E-state index contributed by atoms with van der Waals surface area (Å²) in [6.45, 7) is 0.369. The molecule has 0 N–H and O–H groups in total. The second-order valence-electron chi connectivity index (χ2n) is 5.19. The van der Waals surface area contributed by atoms with Crippen LogP contribution >= 0.6 is 0 Å². The Morgan fingerprint density at radius 3 is 2.64 bits per heavy atom. The van der Waals surface area contributed by atoms with Gasteiger partial charge in [0.15, 0.2) is 0 Å². The van der Waals surface area contributed by atoms with Gasteiger partial charge in [-0.2, -0.15) is 0 Å². The zero-order valence-electron chi connectivity index (χ0n) is 12.2. The zero-order valence-corrected chi connectivity index (χ0v) is 12.2. The third-order valence-corrected chi connectivity index (χ3v) is 3.80. The molecule has 0 bridgehead atoms. The van der Waals surface area contributed by atoms with Crippen LogP contribution in [0.4, 0.5) is 5.69 Å². The second kappa shape index (κ2) is 5.97. The lowest BCUT2D eigenvalue weighted by molar-refractivity contribution is -0.145. The van der Waals surface area contributed by atoms with Gasteiger partial charge in [-0.3, -0.25) is 14.6 Å². The number of anilines is 1. The van der Waals surface area contributed by atoms with Crippen LogP contribution in [0.5, 0.6) is 0 Å². The van der Waals surface area contributed by atoms with Crippen LogP contribution in [0.15, 0.2) is 48.7 Å². The summed E-state index contributed by atoms with van der Waals surface area (Å²) in [7, 11) is 1.34. The highest BCUT2D eigenvalue weighted by Gasteiger charge is 2.35. The fourth-order valence-electron chi connectivity index (χ4n) is 2.63. The maximum absolute atomic E-state index is 12.1. The highest BCUT2D eigenvalue weighted by Crippen LogP contribution is 2.27. The molecule has 1 aliphatic heterocycles. The molecule has 1 aliphatic rings. The Hall–Kier alpha value is -2.69. The van der Waals surface area contributed by atoms with Crippen molar-refractivity contribution in [3.63, 3.8) is 0 Å². The molecule has 112 valence electrons. The highest BCUT2D eigenvalue weighted by atomic mass is 16.5. The number of hydrogen-bond donors (Lipinski definition) is 0. The van der Waals surface area contributed by atoms with E-state index in [4.69, 9.17) is 4.74 Å². The Balaban J connectivity index is 1.79. The van der Waals surface area contributed by atoms with E-state index in [2.05, 4.69) is 4.98 Å². The highest BCUT2D eigenvalue weighted by molar-refractivity contribution is 5.99. The molecule has 5 heteroatoms. The number of carbonyl (C=O) groups excluding carboxylic acids is 2. The number of nitrogens with zero attached hydrogens (tertiary/aromatic N) is 2. The van der Waals surface area contributed by atoms with Crippen LogP contribution in [-0.4, -0.2) is 30.5 Å². The normalized spacial score (nSPS) is 17.6. The van der Waals surface area contributed by atoms with Gasteiger partial charge in [-0.1, -0.05) is 18.2 Å². The van der Waals surface area contributed by atoms with Crippen LogP contribution in [0.3, 0.4) is 0 Å². The first-order valence-electron chi connectivity index (χ1n) is 7.08. The number of hydrogen-bond acceptors (Lipinski definition) is 4. The Morgan fingerprint density at radius 1 is 1.23 bits per heavy atom. The molecule has 0 saturated carbocycles. The minimum Gasteiger partial charge on any atom is -0.469 e. The lowest BCUT2D eigenvalue weighted by Crippen LogP contribution is -2.26. The number of ether oxygens (including phenoxy) is 1. The number of carbonyl (C=O) groups is 2. The molecule has 1 aromatic heterocycles. The van der Waals surface area contributed by atoms with E-state index in [1.54, 1.807) is 11.1 Å². The topological polar surface area (TPSA) is 59.5 Å². The summed E-state index contributed by atoms with van der Waals surface area (Å²) in [6.07, 6.45) is 1.95. The first kappa shape index (κ1) is 14.3. The van der Waals surface area contributed by atoms with Crippen LogP contribution < -0.4 is 4.90 Å². The number of methoxy groups -OCH3 is 1. The predicted molar refractivity (Wildman–Crippen MR) is 82.1 cm³/mol. The molecule has 1 atom stereocenters. The fourth-order valence-corrected chi connectivity index (χ4v) is 2.63. The molecular weight excluding hydrogens is 280 g/mol. The van der Waals surface area contributed by atoms with Crippen LogP contribution in [0.2, 0.25) is 0 Å². The second-order valence-corrected chi connectivity index (χ2v) is 5.19. The minimum absolute atomic E-state index is 0.0546. The molecule has 2 aromatic rings. The average molecular weight is 296 g/mol. The van der Waals surface area contributed by atoms with Gasteiger partial charge < -0.3 is 9.64 Å². The molecule has 2 heterocycles. The molecule has 1 fully saturated rings. The summed E-state index contributed by atoms with van der Waals surface area (Å²) in [5.74, 6) is -0.769. The number of rotatable bonds is 3. The van der Waals surface area contributed by atoms with E-state index in [9.17, 15) is 9.59 Å². The van der Waals surface area contributed by atoms with Crippen molar-refractivity contribution in [1.82, 2.24) is 4.98 Å². The molecule has 0 spiro atoms. The molecule has 0 aliphatic carbocycles. The standard InChI is InChI=1S/C17H16N2O3/c1-22-17(21)13-10-16(20)19(11-13)14-7-5-12(6-8-14)15-4-2-3-9-18-15/h2-9,13H,10-11H2,1H3. The number of amides is 1. The van der Waals surface area contributed by atoms with Gasteiger partial charge in [-0.15, -0.1) is 0 Å². The van der Waals surface area contributed by atoms with E-state index in [0.29, 0.717) is 6.54 Å². The van der Waals surface area contributed by atoms with Gasteiger partial charge in [-0.05, 0) is 24.3 Å². The fraction of sp³-hybridized carbons (Fsp3) is 0.235. The molecule has 3 rings (SSSR count). The number of aromatic nitrogens is 1. The van der Waals surface area contributed by atoms with Gasteiger partial charge in [0, 0.05) is 30.4 Å². The molecular formula is C17H16N2O3. The van der Waals surface area contributed by atoms with Crippen LogP contribution in [0, 0.1) is 5.92 Å². The molecule has 1 aromatic carbocycles. The van der Waals surface area contributed by atoms with Crippen molar-refractivity contribution in [1.29, 1.82) is 0 Å². The summed E-state index contributed by atoms with van der Waals surface area (Å²) in [5, 5.41) is 0. The Bertz CT molecular complexity index is 683. The molecule has 5 nitrogen and oxygen atoms in total. The molecule has 22 heavy (non-hydrogen) atoms. The van der Waals surface area contributed by atoms with Crippen molar-refractivity contribution in [2.75, 3.05) is 18.6 Å². The SMILES string of the molecule is COC(=O)C1CC(=O)N(c2ccc(-c3ccccn3)cc2)C1. The zero-order chi connectivity index (χ0) is 15.5. The third kappa shape index (κ3) is 2.70. The quantitative estimate of drug-likeness (QED) is 0.815. The predicted octanol–water partition coefficient (Wildman–Crippen LogP) is 2.27. The number of benzene rings is 1. The van der Waals surface area contributed by atoms with Crippen molar-refractivity contribution in [2.24, 2.45) is 5.92 Å². The third-order valence-electron chi connectivity index (χ3n) is 3.80. The summed E-state index contributed by atoms with van der Waals surface area (Å²) >= 11 is 0. The number of esters is 1. The summed E-state index contributed by atoms with van der Waals surface area (Å²) in [4.78, 5) is 29.6. The maximum atomic E-state index is 12.1. The first-order valence-corrected chi connectivity index (χ1v) is 7.08. The van der Waals surface area contributed by atoms with Gasteiger partial charge in [0.25, 0.3) is 0 Å². The first-order chi connectivity index (χ1) is 10.7. The van der Waals surface area contributed by atoms with Gasteiger partial charge in [0.1, 0.15) is 0 Å². The molecule has 1 saturated heterocycles. The van der Waals surface area contributed by atoms with E-state index in [1.165, 1.54) is 7.11 Å². The van der Waals surface area contributed by atoms with Crippen LogP contribution in [0.25, 0.3) is 11.3 Å². The largest absolute Gasteiger partial charge is 0.469 e. The van der Waals surface area contributed by atoms with E-state index < -0.39 is 0 Å². The monoisotopic (exact) mass is 296 g/mol. The van der Waals surface area contributed by atoms with Crippen molar-refractivity contribution in [3.05, 3.63) is 48.7 Å². The minimum atomic E-state index is -0.382. The Morgan fingerprint density at radius 2 is 2.00 bits per heavy atom. The summed E-state index contributed by atoms with van der Waals surface area (Å²) in [5.41, 5.74) is 2.66. The van der Waals surface area contributed by atoms with Crippen molar-refractivity contribution in [3.8, 4) is 11.3 Å². The Labute approximate surface area is 128 Å². The van der Waals surface area contributed by atoms with Crippen molar-refractivity contribution in [2.45, 2.75) is 6.42 Å². The van der Waals surface area contributed by atoms with E-state index >= 15 is 0 Å². The van der Waals surface area contributed by atoms with Gasteiger partial charge in [0.2, 0.25) is 5.91 Å². The molecule has 1 amide bonds. The van der Waals surface area contributed by atoms with Gasteiger partial charge in [0.05, 0.1) is 18.7 Å². The van der Waals surface area contributed by atoms with Gasteiger partial charge >= 0.3 is 5.97 Å². The van der Waals surface area contributed by atoms with E-state index in [0.717, 1.165) is 16.9 Å². The lowest BCUT2D eigenvalue weighted by Gasteiger charge is -2.16. The lowest BCUT2D eigenvalue weighted by atomic mass is 10.1. The van der Waals surface area contributed by atoms with Crippen LogP contribution in [0.1, 0.15) is 6.42 Å². The average Bonchev–Trinajstić information content (AvgIpc) is 2.97.